The molecule has 1 saturated heterocycles. The second-order valence-electron chi connectivity index (χ2n) is 4.64. The van der Waals surface area contributed by atoms with E-state index in [1.54, 1.807) is 13.0 Å². The molecule has 1 aromatic heterocycles. The molecule has 18 heavy (non-hydrogen) atoms. The third-order valence-electron chi connectivity index (χ3n) is 3.53. The van der Waals surface area contributed by atoms with Gasteiger partial charge in [-0.15, -0.1) is 0 Å². The van der Waals surface area contributed by atoms with E-state index in [1.165, 1.54) is 0 Å². The van der Waals surface area contributed by atoms with Crippen LogP contribution >= 0.6 is 0 Å². The Balaban J connectivity index is 2.08. The molecule has 0 unspecified atom stereocenters. The van der Waals surface area contributed by atoms with E-state index in [-0.39, 0.29) is 0 Å². The van der Waals surface area contributed by atoms with Gasteiger partial charge in [0.1, 0.15) is 5.82 Å². The number of hydrogen-bond donors (Lipinski definition) is 2. The lowest BCUT2D eigenvalue weighted by molar-refractivity contribution is 0.270. The second-order valence-corrected chi connectivity index (χ2v) is 4.64. The smallest absolute Gasteiger partial charge is 0.423 e. The van der Waals surface area contributed by atoms with Gasteiger partial charge in [0.05, 0.1) is 0 Å². The van der Waals surface area contributed by atoms with Crippen LogP contribution in [-0.2, 0) is 0 Å². The van der Waals surface area contributed by atoms with Crippen molar-refractivity contribution in [1.29, 1.82) is 0 Å². The molecule has 1 aliphatic heterocycles. The molecule has 0 aromatic carbocycles. The fourth-order valence-electron chi connectivity index (χ4n) is 2.30. The molecule has 2 heterocycles. The molecule has 2 rings (SSSR count). The van der Waals surface area contributed by atoms with Crippen molar-refractivity contribution in [1.82, 2.24) is 9.88 Å². The first-order valence-electron chi connectivity index (χ1n) is 6.42. The quantitative estimate of drug-likeness (QED) is 0.688. The number of aromatic nitrogens is 1. The predicted molar refractivity (Wildman–Crippen MR) is 73.1 cm³/mol. The Morgan fingerprint density at radius 3 is 2.39 bits per heavy atom. The van der Waals surface area contributed by atoms with Gasteiger partial charge < -0.3 is 19.8 Å². The van der Waals surface area contributed by atoms with Crippen LogP contribution in [0.15, 0.2) is 12.1 Å². The number of anilines is 1. The topological polar surface area (TPSA) is 59.8 Å². The minimum absolute atomic E-state index is 0.478. The largest absolute Gasteiger partial charge is 0.490 e. The summed E-state index contributed by atoms with van der Waals surface area (Å²) in [5.41, 5.74) is 1.16. The van der Waals surface area contributed by atoms with Gasteiger partial charge in [-0.2, -0.15) is 0 Å². The number of pyridine rings is 1. The maximum Gasteiger partial charge on any atom is 0.490 e. The normalized spacial score (nSPS) is 17.0. The van der Waals surface area contributed by atoms with Gasteiger partial charge >= 0.3 is 7.12 Å². The van der Waals surface area contributed by atoms with Crippen molar-refractivity contribution in [3.05, 3.63) is 17.8 Å². The summed E-state index contributed by atoms with van der Waals surface area (Å²) in [6.07, 6.45) is 0. The Morgan fingerprint density at radius 1 is 1.22 bits per heavy atom. The zero-order chi connectivity index (χ0) is 13.1. The average Bonchev–Trinajstić information content (AvgIpc) is 2.38. The van der Waals surface area contributed by atoms with Crippen molar-refractivity contribution < 1.29 is 10.0 Å². The van der Waals surface area contributed by atoms with Gasteiger partial charge in [0.2, 0.25) is 0 Å². The lowest BCUT2D eigenvalue weighted by Crippen LogP contribution is -2.46. The highest BCUT2D eigenvalue weighted by Gasteiger charge is 2.19. The first-order valence-corrected chi connectivity index (χ1v) is 6.42. The highest BCUT2D eigenvalue weighted by atomic mass is 16.4. The van der Waals surface area contributed by atoms with Crippen LogP contribution in [-0.4, -0.2) is 59.8 Å². The van der Waals surface area contributed by atoms with Crippen molar-refractivity contribution in [2.75, 3.05) is 37.6 Å². The van der Waals surface area contributed by atoms with Crippen LogP contribution in [0.25, 0.3) is 0 Å². The van der Waals surface area contributed by atoms with E-state index in [0.717, 1.165) is 38.5 Å². The van der Waals surface area contributed by atoms with E-state index in [9.17, 15) is 0 Å². The van der Waals surface area contributed by atoms with Gasteiger partial charge in [-0.05, 0) is 19.5 Å². The van der Waals surface area contributed by atoms with Gasteiger partial charge in [0, 0.05) is 37.3 Å². The number of aryl methyl sites for hydroxylation is 1. The minimum atomic E-state index is -1.44. The van der Waals surface area contributed by atoms with Crippen LogP contribution in [0.4, 0.5) is 5.82 Å². The molecule has 0 spiro atoms. The summed E-state index contributed by atoms with van der Waals surface area (Å²) in [4.78, 5) is 9.11. The third kappa shape index (κ3) is 2.83. The zero-order valence-electron chi connectivity index (χ0n) is 11.0. The molecule has 1 aliphatic rings. The average molecular weight is 249 g/mol. The molecule has 98 valence electrons. The summed E-state index contributed by atoms with van der Waals surface area (Å²) in [6.45, 7) is 9.14. The molecule has 0 radical (unpaired) electrons. The van der Waals surface area contributed by atoms with Gasteiger partial charge in [-0.1, -0.05) is 13.0 Å². The molecule has 1 fully saturated rings. The lowest BCUT2D eigenvalue weighted by atomic mass is 9.79. The summed E-state index contributed by atoms with van der Waals surface area (Å²) >= 11 is 0. The van der Waals surface area contributed by atoms with E-state index >= 15 is 0 Å². The van der Waals surface area contributed by atoms with Crippen LogP contribution in [0.2, 0.25) is 0 Å². The maximum atomic E-state index is 9.17. The summed E-state index contributed by atoms with van der Waals surface area (Å²) in [7, 11) is -1.44. The number of nitrogens with zero attached hydrogens (tertiary/aromatic N) is 3. The fraction of sp³-hybridized carbons (Fsp3) is 0.583. The number of hydrogen-bond acceptors (Lipinski definition) is 5. The van der Waals surface area contributed by atoms with E-state index in [2.05, 4.69) is 21.7 Å². The number of rotatable bonds is 3. The highest BCUT2D eigenvalue weighted by Crippen LogP contribution is 2.13. The molecular weight excluding hydrogens is 229 g/mol. The Hall–Kier alpha value is -1.11. The van der Waals surface area contributed by atoms with Gasteiger partial charge in [0.15, 0.2) is 0 Å². The van der Waals surface area contributed by atoms with Crippen LogP contribution in [0.3, 0.4) is 0 Å². The van der Waals surface area contributed by atoms with E-state index in [0.29, 0.717) is 11.2 Å². The molecule has 0 amide bonds. The molecule has 0 aliphatic carbocycles. The summed E-state index contributed by atoms with van der Waals surface area (Å²) in [5, 5.41) is 18.3. The first kappa shape index (κ1) is 13.3. The van der Waals surface area contributed by atoms with Crippen molar-refractivity contribution >= 4 is 18.4 Å². The van der Waals surface area contributed by atoms with Crippen molar-refractivity contribution in [3.8, 4) is 0 Å². The zero-order valence-corrected chi connectivity index (χ0v) is 11.0. The van der Waals surface area contributed by atoms with Crippen molar-refractivity contribution in [2.45, 2.75) is 13.8 Å². The monoisotopic (exact) mass is 249 g/mol. The maximum absolute atomic E-state index is 9.17. The van der Waals surface area contributed by atoms with Crippen molar-refractivity contribution in [2.24, 2.45) is 0 Å². The van der Waals surface area contributed by atoms with Crippen LogP contribution < -0.4 is 10.4 Å². The SMILES string of the molecule is CCN1CCN(c2ccc(B(O)O)c(C)n2)CC1. The minimum Gasteiger partial charge on any atom is -0.423 e. The predicted octanol–water partition coefficient (Wildman–Crippen LogP) is -0.788. The summed E-state index contributed by atoms with van der Waals surface area (Å²) in [5.74, 6) is 0.924. The highest BCUT2D eigenvalue weighted by molar-refractivity contribution is 6.59. The first-order chi connectivity index (χ1) is 8.61. The van der Waals surface area contributed by atoms with Crippen LogP contribution in [0.1, 0.15) is 12.6 Å². The number of likely N-dealkylation sites (N-methyl/N-ethyl adjacent to an activating group) is 1. The third-order valence-corrected chi connectivity index (χ3v) is 3.53. The molecule has 1 aromatic rings. The number of piperazine rings is 1. The van der Waals surface area contributed by atoms with Gasteiger partial charge in [-0.25, -0.2) is 4.98 Å². The molecular formula is C12H20BN3O2. The van der Waals surface area contributed by atoms with E-state index in [4.69, 9.17) is 10.0 Å². The molecule has 0 atom stereocenters. The lowest BCUT2D eigenvalue weighted by Gasteiger charge is -2.35. The Morgan fingerprint density at radius 2 is 1.89 bits per heavy atom. The molecule has 5 nitrogen and oxygen atoms in total. The van der Waals surface area contributed by atoms with Gasteiger partial charge in [-0.3, -0.25) is 0 Å². The Bertz CT molecular complexity index is 406. The van der Waals surface area contributed by atoms with E-state index in [1.807, 2.05) is 6.07 Å². The molecule has 0 bridgehead atoms. The fourth-order valence-corrected chi connectivity index (χ4v) is 2.30. The Labute approximate surface area is 108 Å². The summed E-state index contributed by atoms with van der Waals surface area (Å²) < 4.78 is 0. The van der Waals surface area contributed by atoms with Crippen molar-refractivity contribution in [3.63, 3.8) is 0 Å². The van der Waals surface area contributed by atoms with Gasteiger partial charge in [0.25, 0.3) is 0 Å². The molecule has 0 saturated carbocycles. The second kappa shape index (κ2) is 5.69. The summed E-state index contributed by atoms with van der Waals surface area (Å²) in [6, 6.07) is 3.61. The Kier molecular flexibility index (Phi) is 4.21. The van der Waals surface area contributed by atoms with Crippen LogP contribution in [0.5, 0.6) is 0 Å². The van der Waals surface area contributed by atoms with E-state index < -0.39 is 7.12 Å². The standard InChI is InChI=1S/C12H20BN3O2/c1-3-15-6-8-16(9-7-15)12-5-4-11(13(17)18)10(2)14-12/h4-5,17-18H,3,6-9H2,1-2H3. The molecule has 2 N–H and O–H groups in total. The van der Waals surface area contributed by atoms with Crippen LogP contribution in [0, 0.1) is 6.92 Å². The molecule has 6 heteroatoms.